The van der Waals surface area contributed by atoms with E-state index in [4.69, 9.17) is 5.73 Å². The average Bonchev–Trinajstić information content (AvgIpc) is 2.45. The minimum Gasteiger partial charge on any atom is -0.326 e. The van der Waals surface area contributed by atoms with Gasteiger partial charge in [0.25, 0.3) is 0 Å². The van der Waals surface area contributed by atoms with E-state index in [0.29, 0.717) is 24.4 Å². The highest BCUT2D eigenvalue weighted by atomic mass is 32.2. The predicted molar refractivity (Wildman–Crippen MR) is 86.7 cm³/mol. The molecule has 0 radical (unpaired) electrons. The van der Waals surface area contributed by atoms with Crippen LogP contribution in [0.15, 0.2) is 23.1 Å². The standard InChI is InChI=1S/C15H27N3O2S/c1-4-14-8-7-13(12-16)11-15(14)21(19,20)17-9-5-6-10-18(2)3/h7-8,11,17H,4-6,9-10,12,16H2,1-3H3. The Hall–Kier alpha value is -0.950. The van der Waals surface area contributed by atoms with Crippen LogP contribution < -0.4 is 10.5 Å². The van der Waals surface area contributed by atoms with Gasteiger partial charge in [0.1, 0.15) is 0 Å². The molecule has 0 bridgehead atoms. The first-order valence-electron chi connectivity index (χ1n) is 7.37. The zero-order valence-corrected chi connectivity index (χ0v) is 14.0. The first-order valence-corrected chi connectivity index (χ1v) is 8.85. The van der Waals surface area contributed by atoms with Crippen LogP contribution in [0.2, 0.25) is 0 Å². The van der Waals surface area contributed by atoms with Crippen LogP contribution in [0.4, 0.5) is 0 Å². The van der Waals surface area contributed by atoms with E-state index >= 15 is 0 Å². The van der Waals surface area contributed by atoms with Gasteiger partial charge in [0.2, 0.25) is 10.0 Å². The molecule has 1 aromatic rings. The predicted octanol–water partition coefficient (Wildman–Crippen LogP) is 1.33. The lowest BCUT2D eigenvalue weighted by molar-refractivity contribution is 0.394. The molecule has 0 aliphatic rings. The summed E-state index contributed by atoms with van der Waals surface area (Å²) in [6, 6.07) is 5.42. The second kappa shape index (κ2) is 8.48. The molecule has 0 saturated carbocycles. The third-order valence-electron chi connectivity index (χ3n) is 3.36. The first-order chi connectivity index (χ1) is 9.90. The van der Waals surface area contributed by atoms with Gasteiger partial charge in [0.05, 0.1) is 4.90 Å². The number of nitrogens with zero attached hydrogens (tertiary/aromatic N) is 1. The van der Waals surface area contributed by atoms with Crippen LogP contribution in [-0.4, -0.2) is 40.5 Å². The summed E-state index contributed by atoms with van der Waals surface area (Å²) in [4.78, 5) is 2.45. The topological polar surface area (TPSA) is 75.4 Å². The molecule has 0 aliphatic heterocycles. The van der Waals surface area contributed by atoms with Crippen LogP contribution in [0.25, 0.3) is 0 Å². The van der Waals surface area contributed by atoms with Crippen LogP contribution in [-0.2, 0) is 23.0 Å². The van der Waals surface area contributed by atoms with Crippen molar-refractivity contribution in [1.82, 2.24) is 9.62 Å². The van der Waals surface area contributed by atoms with Gasteiger partial charge in [-0.15, -0.1) is 0 Å². The van der Waals surface area contributed by atoms with Gasteiger partial charge in [-0.2, -0.15) is 0 Å². The van der Waals surface area contributed by atoms with Gasteiger partial charge < -0.3 is 10.6 Å². The van der Waals surface area contributed by atoms with E-state index in [9.17, 15) is 8.42 Å². The number of nitrogens with two attached hydrogens (primary N) is 1. The number of hydrogen-bond acceptors (Lipinski definition) is 4. The summed E-state index contributed by atoms with van der Waals surface area (Å²) in [5.74, 6) is 0. The maximum Gasteiger partial charge on any atom is 0.240 e. The second-order valence-corrected chi connectivity index (χ2v) is 7.14. The summed E-state index contributed by atoms with van der Waals surface area (Å²) in [6.07, 6.45) is 2.48. The van der Waals surface area contributed by atoms with Crippen molar-refractivity contribution in [2.45, 2.75) is 37.6 Å². The molecule has 5 nitrogen and oxygen atoms in total. The fraction of sp³-hybridized carbons (Fsp3) is 0.600. The molecule has 0 atom stereocenters. The number of sulfonamides is 1. The lowest BCUT2D eigenvalue weighted by Crippen LogP contribution is -2.26. The molecule has 1 rings (SSSR count). The molecule has 0 aromatic heterocycles. The summed E-state index contributed by atoms with van der Waals surface area (Å²) >= 11 is 0. The van der Waals surface area contributed by atoms with Crippen molar-refractivity contribution in [2.75, 3.05) is 27.2 Å². The van der Waals surface area contributed by atoms with Crippen molar-refractivity contribution in [2.24, 2.45) is 5.73 Å². The monoisotopic (exact) mass is 313 g/mol. The number of rotatable bonds is 9. The van der Waals surface area contributed by atoms with Crippen molar-refractivity contribution < 1.29 is 8.42 Å². The Morgan fingerprint density at radius 1 is 1.24 bits per heavy atom. The molecule has 21 heavy (non-hydrogen) atoms. The van der Waals surface area contributed by atoms with E-state index < -0.39 is 10.0 Å². The molecule has 0 heterocycles. The maximum atomic E-state index is 12.4. The van der Waals surface area contributed by atoms with Gasteiger partial charge >= 0.3 is 0 Å². The lowest BCUT2D eigenvalue weighted by Gasteiger charge is -2.13. The van der Waals surface area contributed by atoms with Crippen molar-refractivity contribution >= 4 is 10.0 Å². The highest BCUT2D eigenvalue weighted by Gasteiger charge is 2.17. The minimum absolute atomic E-state index is 0.343. The molecule has 3 N–H and O–H groups in total. The largest absolute Gasteiger partial charge is 0.326 e. The Bertz CT molecular complexity index is 542. The number of nitrogens with one attached hydrogen (secondary N) is 1. The molecule has 1 aromatic carbocycles. The Balaban J connectivity index is 2.73. The quantitative estimate of drug-likeness (QED) is 0.674. The Kier molecular flexibility index (Phi) is 7.31. The van der Waals surface area contributed by atoms with E-state index in [1.807, 2.05) is 33.2 Å². The van der Waals surface area contributed by atoms with Gasteiger partial charge in [-0.1, -0.05) is 19.1 Å². The fourth-order valence-corrected chi connectivity index (χ4v) is 3.54. The van der Waals surface area contributed by atoms with E-state index in [0.717, 1.165) is 30.5 Å². The fourth-order valence-electron chi connectivity index (χ4n) is 2.11. The third kappa shape index (κ3) is 5.74. The molecular formula is C15H27N3O2S. The summed E-state index contributed by atoms with van der Waals surface area (Å²) in [6.45, 7) is 3.72. The van der Waals surface area contributed by atoms with E-state index in [2.05, 4.69) is 9.62 Å². The molecule has 0 unspecified atom stereocenters. The molecule has 6 heteroatoms. The zero-order chi connectivity index (χ0) is 15.9. The second-order valence-electron chi connectivity index (χ2n) is 5.41. The van der Waals surface area contributed by atoms with Crippen LogP contribution in [0, 0.1) is 0 Å². The average molecular weight is 313 g/mol. The van der Waals surface area contributed by atoms with Crippen LogP contribution >= 0.6 is 0 Å². The normalized spacial score (nSPS) is 12.0. The number of hydrogen-bond donors (Lipinski definition) is 2. The summed E-state index contributed by atoms with van der Waals surface area (Å²) < 4.78 is 27.5. The summed E-state index contributed by atoms with van der Waals surface area (Å²) in [5, 5.41) is 0. The van der Waals surface area contributed by atoms with Crippen LogP contribution in [0.3, 0.4) is 0 Å². The van der Waals surface area contributed by atoms with E-state index in [1.165, 1.54) is 0 Å². The van der Waals surface area contributed by atoms with Crippen LogP contribution in [0.1, 0.15) is 30.9 Å². The van der Waals surface area contributed by atoms with E-state index in [-0.39, 0.29) is 0 Å². The van der Waals surface area contributed by atoms with Crippen molar-refractivity contribution in [1.29, 1.82) is 0 Å². The zero-order valence-electron chi connectivity index (χ0n) is 13.2. The molecule has 120 valence electrons. The summed E-state index contributed by atoms with van der Waals surface area (Å²) in [7, 11) is 0.564. The number of benzene rings is 1. The molecule has 0 fully saturated rings. The number of aryl methyl sites for hydroxylation is 1. The smallest absolute Gasteiger partial charge is 0.240 e. The van der Waals surface area contributed by atoms with Gasteiger partial charge in [0.15, 0.2) is 0 Å². The SMILES string of the molecule is CCc1ccc(CN)cc1S(=O)(=O)NCCCCN(C)C. The van der Waals surface area contributed by atoms with Crippen molar-refractivity contribution in [3.63, 3.8) is 0 Å². The summed E-state index contributed by atoms with van der Waals surface area (Å²) in [5.41, 5.74) is 7.26. The molecule has 0 spiro atoms. The van der Waals surface area contributed by atoms with Crippen molar-refractivity contribution in [3.8, 4) is 0 Å². The highest BCUT2D eigenvalue weighted by Crippen LogP contribution is 2.18. The van der Waals surface area contributed by atoms with Gasteiger partial charge in [-0.3, -0.25) is 0 Å². The lowest BCUT2D eigenvalue weighted by atomic mass is 10.1. The minimum atomic E-state index is -3.46. The van der Waals surface area contributed by atoms with Gasteiger partial charge in [0, 0.05) is 13.1 Å². The molecule has 0 amide bonds. The highest BCUT2D eigenvalue weighted by molar-refractivity contribution is 7.89. The van der Waals surface area contributed by atoms with Gasteiger partial charge in [-0.25, -0.2) is 13.1 Å². The first kappa shape index (κ1) is 18.1. The van der Waals surface area contributed by atoms with Crippen LogP contribution in [0.5, 0.6) is 0 Å². The maximum absolute atomic E-state index is 12.4. The molecule has 0 aliphatic carbocycles. The molecule has 0 saturated heterocycles. The molecular weight excluding hydrogens is 286 g/mol. The van der Waals surface area contributed by atoms with Gasteiger partial charge in [-0.05, 0) is 57.1 Å². The van der Waals surface area contributed by atoms with Crippen molar-refractivity contribution in [3.05, 3.63) is 29.3 Å². The Labute approximate surface area is 128 Å². The third-order valence-corrected chi connectivity index (χ3v) is 4.91. The Morgan fingerprint density at radius 3 is 2.52 bits per heavy atom. The Morgan fingerprint density at radius 2 is 1.95 bits per heavy atom. The number of unbranched alkanes of at least 4 members (excludes halogenated alkanes) is 1. The van der Waals surface area contributed by atoms with E-state index in [1.54, 1.807) is 6.07 Å².